The Hall–Kier alpha value is -1.07. The topological polar surface area (TPSA) is 64.3 Å². The minimum absolute atomic E-state index is 0.184. The van der Waals surface area contributed by atoms with Gasteiger partial charge in [0, 0.05) is 13.7 Å². The van der Waals surface area contributed by atoms with Crippen LogP contribution in [0.3, 0.4) is 0 Å². The van der Waals surface area contributed by atoms with Gasteiger partial charge < -0.3 is 15.4 Å². The van der Waals surface area contributed by atoms with Crippen LogP contribution in [0.15, 0.2) is 6.33 Å². The zero-order chi connectivity index (χ0) is 12.1. The Balaban J connectivity index is 2.99. The molecule has 1 atom stereocenters. The number of hydrogen-bond donors (Lipinski definition) is 1. The number of likely N-dealkylation sites (N-methyl/N-ethyl adjacent to an activating group) is 1. The predicted molar refractivity (Wildman–Crippen MR) is 65.8 cm³/mol. The van der Waals surface area contributed by atoms with E-state index in [9.17, 15) is 0 Å². The van der Waals surface area contributed by atoms with E-state index in [-0.39, 0.29) is 11.2 Å². The van der Waals surface area contributed by atoms with Gasteiger partial charge in [0.25, 0.3) is 0 Å². The number of halogens is 1. The fourth-order valence-corrected chi connectivity index (χ4v) is 1.72. The maximum absolute atomic E-state index is 5.86. The van der Waals surface area contributed by atoms with Crippen molar-refractivity contribution in [3.63, 3.8) is 0 Å². The SMILES string of the molecule is CCN(c1ncnc(Cl)c1N)C(C)COC. The van der Waals surface area contributed by atoms with E-state index in [1.165, 1.54) is 6.33 Å². The van der Waals surface area contributed by atoms with Crippen molar-refractivity contribution in [3.05, 3.63) is 11.5 Å². The summed E-state index contributed by atoms with van der Waals surface area (Å²) in [6.45, 7) is 5.46. The first-order valence-electron chi connectivity index (χ1n) is 5.13. The first-order valence-corrected chi connectivity index (χ1v) is 5.51. The van der Waals surface area contributed by atoms with E-state index >= 15 is 0 Å². The molecule has 1 aromatic rings. The fourth-order valence-electron chi connectivity index (χ4n) is 1.60. The smallest absolute Gasteiger partial charge is 0.157 e. The zero-order valence-electron chi connectivity index (χ0n) is 9.77. The number of ether oxygens (including phenoxy) is 1. The highest BCUT2D eigenvalue weighted by atomic mass is 35.5. The fraction of sp³-hybridized carbons (Fsp3) is 0.600. The standard InChI is InChI=1S/C10H17ClN4O/c1-4-15(7(2)5-16-3)10-8(12)9(11)13-6-14-10/h6-7H,4-5,12H2,1-3H3. The van der Waals surface area contributed by atoms with E-state index in [2.05, 4.69) is 9.97 Å². The highest BCUT2D eigenvalue weighted by Crippen LogP contribution is 2.26. The Bertz CT molecular complexity index is 348. The number of methoxy groups -OCH3 is 1. The summed E-state index contributed by atoms with van der Waals surface area (Å²) in [7, 11) is 1.67. The number of anilines is 2. The van der Waals surface area contributed by atoms with Crippen molar-refractivity contribution in [2.45, 2.75) is 19.9 Å². The second-order valence-electron chi connectivity index (χ2n) is 3.49. The summed E-state index contributed by atoms with van der Waals surface area (Å²) >= 11 is 5.86. The van der Waals surface area contributed by atoms with Crippen LogP contribution in [0.2, 0.25) is 5.15 Å². The lowest BCUT2D eigenvalue weighted by Gasteiger charge is -2.29. The number of hydrogen-bond acceptors (Lipinski definition) is 5. The molecule has 0 aliphatic rings. The zero-order valence-corrected chi connectivity index (χ0v) is 10.5. The highest BCUT2D eigenvalue weighted by Gasteiger charge is 2.18. The lowest BCUT2D eigenvalue weighted by atomic mass is 10.3. The van der Waals surface area contributed by atoms with Gasteiger partial charge in [0.15, 0.2) is 11.0 Å². The second kappa shape index (κ2) is 5.86. The molecule has 0 amide bonds. The van der Waals surface area contributed by atoms with E-state index < -0.39 is 0 Å². The molecule has 90 valence electrons. The van der Waals surface area contributed by atoms with Crippen LogP contribution in [0, 0.1) is 0 Å². The van der Waals surface area contributed by atoms with Gasteiger partial charge in [-0.15, -0.1) is 0 Å². The molecule has 1 aromatic heterocycles. The monoisotopic (exact) mass is 244 g/mol. The van der Waals surface area contributed by atoms with E-state index in [0.29, 0.717) is 18.1 Å². The summed E-state index contributed by atoms with van der Waals surface area (Å²) in [6, 6.07) is 0.184. The molecular formula is C10H17ClN4O. The summed E-state index contributed by atoms with van der Waals surface area (Å²) in [5.41, 5.74) is 6.26. The van der Waals surface area contributed by atoms with Crippen LogP contribution in [-0.2, 0) is 4.74 Å². The van der Waals surface area contributed by atoms with Crippen LogP contribution in [0.1, 0.15) is 13.8 Å². The minimum Gasteiger partial charge on any atom is -0.393 e. The van der Waals surface area contributed by atoms with Crippen molar-refractivity contribution in [1.29, 1.82) is 0 Å². The van der Waals surface area contributed by atoms with Crippen molar-refractivity contribution in [3.8, 4) is 0 Å². The average Bonchev–Trinajstić information content (AvgIpc) is 2.25. The third-order valence-electron chi connectivity index (χ3n) is 2.37. The molecule has 0 radical (unpaired) electrons. The van der Waals surface area contributed by atoms with Crippen molar-refractivity contribution in [2.75, 3.05) is 30.9 Å². The quantitative estimate of drug-likeness (QED) is 0.797. The first-order chi connectivity index (χ1) is 7.61. The summed E-state index contributed by atoms with van der Waals surface area (Å²) < 4.78 is 5.12. The van der Waals surface area contributed by atoms with Crippen molar-refractivity contribution in [1.82, 2.24) is 9.97 Å². The lowest BCUT2D eigenvalue weighted by molar-refractivity contribution is 0.181. The Labute approximate surface area is 101 Å². The molecule has 0 bridgehead atoms. The number of rotatable bonds is 5. The van der Waals surface area contributed by atoms with Gasteiger partial charge in [-0.05, 0) is 13.8 Å². The minimum atomic E-state index is 0.184. The summed E-state index contributed by atoms with van der Waals surface area (Å²) in [5, 5.41) is 0.285. The maximum Gasteiger partial charge on any atom is 0.157 e. The van der Waals surface area contributed by atoms with Crippen molar-refractivity contribution < 1.29 is 4.74 Å². The third kappa shape index (κ3) is 2.74. The van der Waals surface area contributed by atoms with Crippen LogP contribution >= 0.6 is 11.6 Å². The molecule has 6 heteroatoms. The number of nitrogens with zero attached hydrogens (tertiary/aromatic N) is 3. The number of aromatic nitrogens is 2. The molecule has 0 aliphatic carbocycles. The van der Waals surface area contributed by atoms with Crippen molar-refractivity contribution in [2.24, 2.45) is 0 Å². The molecular weight excluding hydrogens is 228 g/mol. The number of nitrogens with two attached hydrogens (primary N) is 1. The molecule has 0 aliphatic heterocycles. The highest BCUT2D eigenvalue weighted by molar-refractivity contribution is 6.32. The van der Waals surface area contributed by atoms with Gasteiger partial charge in [-0.1, -0.05) is 11.6 Å². The lowest BCUT2D eigenvalue weighted by Crippen LogP contribution is -2.37. The molecule has 0 fully saturated rings. The second-order valence-corrected chi connectivity index (χ2v) is 3.85. The largest absolute Gasteiger partial charge is 0.393 e. The predicted octanol–water partition coefficient (Wildman–Crippen LogP) is 1.57. The first kappa shape index (κ1) is 13.0. The van der Waals surface area contributed by atoms with Gasteiger partial charge in [-0.3, -0.25) is 0 Å². The summed E-state index contributed by atoms with van der Waals surface area (Å²) in [5.74, 6) is 0.659. The van der Waals surface area contributed by atoms with Gasteiger partial charge in [0.05, 0.1) is 12.6 Å². The van der Waals surface area contributed by atoms with Crippen LogP contribution in [0.5, 0.6) is 0 Å². The Morgan fingerprint density at radius 1 is 1.56 bits per heavy atom. The summed E-state index contributed by atoms with van der Waals surface area (Å²) in [4.78, 5) is 10.0. The third-order valence-corrected chi connectivity index (χ3v) is 2.67. The summed E-state index contributed by atoms with van der Waals surface area (Å²) in [6.07, 6.45) is 1.41. The molecule has 0 aromatic carbocycles. The molecule has 1 rings (SSSR count). The van der Waals surface area contributed by atoms with E-state index in [1.807, 2.05) is 18.7 Å². The van der Waals surface area contributed by atoms with Crippen LogP contribution in [-0.4, -0.2) is 36.3 Å². The van der Waals surface area contributed by atoms with E-state index in [1.54, 1.807) is 7.11 Å². The van der Waals surface area contributed by atoms with Crippen LogP contribution in [0.4, 0.5) is 11.5 Å². The van der Waals surface area contributed by atoms with Gasteiger partial charge in [0.2, 0.25) is 0 Å². The van der Waals surface area contributed by atoms with Gasteiger partial charge in [-0.2, -0.15) is 0 Å². The van der Waals surface area contributed by atoms with Crippen molar-refractivity contribution >= 4 is 23.1 Å². The van der Waals surface area contributed by atoms with Crippen LogP contribution < -0.4 is 10.6 Å². The Morgan fingerprint density at radius 2 is 2.25 bits per heavy atom. The molecule has 2 N–H and O–H groups in total. The normalized spacial score (nSPS) is 12.5. The van der Waals surface area contributed by atoms with E-state index in [4.69, 9.17) is 22.1 Å². The molecule has 0 spiro atoms. The average molecular weight is 245 g/mol. The molecule has 1 heterocycles. The molecule has 1 unspecified atom stereocenters. The maximum atomic E-state index is 5.86. The van der Waals surface area contributed by atoms with Gasteiger partial charge >= 0.3 is 0 Å². The van der Waals surface area contributed by atoms with Crippen LogP contribution in [0.25, 0.3) is 0 Å². The number of nitrogen functional groups attached to an aromatic ring is 1. The molecule has 16 heavy (non-hydrogen) atoms. The van der Waals surface area contributed by atoms with E-state index in [0.717, 1.165) is 6.54 Å². The van der Waals surface area contributed by atoms with Gasteiger partial charge in [0.1, 0.15) is 12.0 Å². The molecule has 0 saturated carbocycles. The Morgan fingerprint density at radius 3 is 2.81 bits per heavy atom. The Kier molecular flexibility index (Phi) is 4.76. The molecule has 0 saturated heterocycles. The molecule has 5 nitrogen and oxygen atoms in total. The van der Waals surface area contributed by atoms with Gasteiger partial charge in [-0.25, -0.2) is 9.97 Å².